The zero-order valence-corrected chi connectivity index (χ0v) is 10.2. The number of hydrogen-bond donors (Lipinski definition) is 1. The highest BCUT2D eigenvalue weighted by Gasteiger charge is 2.51. The van der Waals surface area contributed by atoms with Gasteiger partial charge in [-0.25, -0.2) is 5.01 Å². The van der Waals surface area contributed by atoms with Gasteiger partial charge in [0.1, 0.15) is 6.04 Å². The molecule has 0 bridgehead atoms. The van der Waals surface area contributed by atoms with Crippen LogP contribution in [0.15, 0.2) is 5.29 Å². The third kappa shape index (κ3) is 2.09. The third-order valence-corrected chi connectivity index (χ3v) is 4.37. The molecular formula is C9H17N3O2S. The molecule has 1 aliphatic heterocycles. The fraction of sp³-hybridized carbons (Fsp3) is 0.889. The van der Waals surface area contributed by atoms with Crippen molar-refractivity contribution in [3.8, 4) is 0 Å². The van der Waals surface area contributed by atoms with Crippen molar-refractivity contribution in [2.75, 3.05) is 0 Å². The zero-order valence-electron chi connectivity index (χ0n) is 9.43. The van der Waals surface area contributed by atoms with Crippen molar-refractivity contribution in [2.24, 2.45) is 16.9 Å². The topological polar surface area (TPSA) is 75.8 Å². The second-order valence-electron chi connectivity index (χ2n) is 4.62. The first-order valence-corrected chi connectivity index (χ1v) is 5.78. The van der Waals surface area contributed by atoms with Crippen LogP contribution >= 0.6 is 11.8 Å². The molecule has 1 amide bonds. The number of rotatable bonds is 3. The van der Waals surface area contributed by atoms with Gasteiger partial charge in [-0.1, -0.05) is 13.8 Å². The fourth-order valence-electron chi connectivity index (χ4n) is 1.90. The molecule has 0 spiro atoms. The Bertz CT molecular complexity index is 281. The summed E-state index contributed by atoms with van der Waals surface area (Å²) in [5.41, 5.74) is 5.31. The van der Waals surface area contributed by atoms with Crippen LogP contribution in [0.4, 0.5) is 0 Å². The van der Waals surface area contributed by atoms with Crippen LogP contribution in [0.25, 0.3) is 0 Å². The van der Waals surface area contributed by atoms with E-state index in [1.807, 2.05) is 27.7 Å². The van der Waals surface area contributed by atoms with Crippen LogP contribution in [0.1, 0.15) is 27.7 Å². The number of nitrogens with two attached hydrogens (primary N) is 1. The molecule has 2 atom stereocenters. The van der Waals surface area contributed by atoms with Crippen LogP contribution in [-0.4, -0.2) is 27.1 Å². The third-order valence-electron chi connectivity index (χ3n) is 2.54. The number of amides is 1. The van der Waals surface area contributed by atoms with Crippen molar-refractivity contribution in [3.63, 3.8) is 0 Å². The van der Waals surface area contributed by atoms with E-state index in [1.165, 1.54) is 5.01 Å². The SMILES string of the molecule is CC(C)C1SC(C)(C)C(C(N)=O)N1N=O. The second kappa shape index (κ2) is 4.00. The highest BCUT2D eigenvalue weighted by molar-refractivity contribution is 8.01. The number of carbonyl (C=O) groups is 1. The van der Waals surface area contributed by atoms with Gasteiger partial charge < -0.3 is 5.73 Å². The summed E-state index contributed by atoms with van der Waals surface area (Å²) in [6.07, 6.45) is 0. The van der Waals surface area contributed by atoms with E-state index in [9.17, 15) is 9.70 Å². The predicted molar refractivity (Wildman–Crippen MR) is 60.9 cm³/mol. The standard InChI is InChI=1S/C9H17N3O2S/c1-5(2)8-12(11-14)6(7(10)13)9(3,4)15-8/h5-6,8H,1-4H3,(H2,10,13). The highest BCUT2D eigenvalue weighted by Crippen LogP contribution is 2.46. The van der Waals surface area contributed by atoms with E-state index in [4.69, 9.17) is 5.73 Å². The Hall–Kier alpha value is -0.780. The number of thioether (sulfide) groups is 1. The molecule has 5 nitrogen and oxygen atoms in total. The maximum Gasteiger partial charge on any atom is 0.243 e. The van der Waals surface area contributed by atoms with E-state index < -0.39 is 11.9 Å². The lowest BCUT2D eigenvalue weighted by Gasteiger charge is -2.25. The fourth-order valence-corrected chi connectivity index (χ4v) is 3.42. The quantitative estimate of drug-likeness (QED) is 0.743. The van der Waals surface area contributed by atoms with E-state index in [0.29, 0.717) is 0 Å². The summed E-state index contributed by atoms with van der Waals surface area (Å²) in [6, 6.07) is -0.618. The zero-order chi connectivity index (χ0) is 11.8. The first kappa shape index (κ1) is 12.3. The largest absolute Gasteiger partial charge is 0.368 e. The molecule has 0 aromatic heterocycles. The van der Waals surface area contributed by atoms with E-state index in [-0.39, 0.29) is 16.0 Å². The molecule has 0 aliphatic carbocycles. The van der Waals surface area contributed by atoms with Crippen LogP contribution < -0.4 is 5.73 Å². The molecule has 15 heavy (non-hydrogen) atoms. The highest BCUT2D eigenvalue weighted by atomic mass is 32.2. The van der Waals surface area contributed by atoms with Gasteiger partial charge in [0.2, 0.25) is 5.91 Å². The molecule has 0 aromatic carbocycles. The van der Waals surface area contributed by atoms with Gasteiger partial charge in [0, 0.05) is 4.75 Å². The minimum absolute atomic E-state index is 0.0741. The summed E-state index contributed by atoms with van der Waals surface area (Å²) >= 11 is 1.58. The second-order valence-corrected chi connectivity index (χ2v) is 6.39. The Labute approximate surface area is 93.7 Å². The van der Waals surface area contributed by atoms with Crippen LogP contribution in [0, 0.1) is 10.8 Å². The molecule has 2 N–H and O–H groups in total. The summed E-state index contributed by atoms with van der Waals surface area (Å²) in [7, 11) is 0. The molecule has 0 saturated carbocycles. The molecule has 1 heterocycles. The Balaban J connectivity index is 3.03. The summed E-state index contributed by atoms with van der Waals surface area (Å²) < 4.78 is -0.366. The van der Waals surface area contributed by atoms with Crippen molar-refractivity contribution >= 4 is 17.7 Å². The summed E-state index contributed by atoms with van der Waals surface area (Å²) in [5.74, 6) is -0.244. The van der Waals surface area contributed by atoms with Crippen molar-refractivity contribution < 1.29 is 4.79 Å². The maximum absolute atomic E-state index is 11.3. The van der Waals surface area contributed by atoms with E-state index >= 15 is 0 Å². The maximum atomic E-state index is 11.3. The van der Waals surface area contributed by atoms with E-state index in [1.54, 1.807) is 11.8 Å². The van der Waals surface area contributed by atoms with Crippen molar-refractivity contribution in [2.45, 2.75) is 43.9 Å². The summed E-state index contributed by atoms with van der Waals surface area (Å²) in [6.45, 7) is 7.81. The Morgan fingerprint density at radius 3 is 2.40 bits per heavy atom. The van der Waals surface area contributed by atoms with Crippen LogP contribution in [0.5, 0.6) is 0 Å². The normalized spacial score (nSPS) is 29.5. The summed E-state index contributed by atoms with van der Waals surface area (Å²) in [5, 5.41) is 4.18. The monoisotopic (exact) mass is 231 g/mol. The number of primary amides is 1. The minimum atomic E-state index is -0.618. The molecule has 1 rings (SSSR count). The van der Waals surface area contributed by atoms with Crippen LogP contribution in [0.2, 0.25) is 0 Å². The van der Waals surface area contributed by atoms with Crippen molar-refractivity contribution in [1.82, 2.24) is 5.01 Å². The molecule has 1 saturated heterocycles. The predicted octanol–water partition coefficient (Wildman–Crippen LogP) is 1.33. The molecule has 6 heteroatoms. The molecule has 86 valence electrons. The molecule has 2 unspecified atom stereocenters. The van der Waals surface area contributed by atoms with Gasteiger partial charge in [-0.05, 0) is 19.8 Å². The van der Waals surface area contributed by atoms with Gasteiger partial charge in [0.05, 0.1) is 10.7 Å². The van der Waals surface area contributed by atoms with E-state index in [0.717, 1.165) is 0 Å². The van der Waals surface area contributed by atoms with Gasteiger partial charge in [-0.2, -0.15) is 0 Å². The van der Waals surface area contributed by atoms with Gasteiger partial charge in [-0.3, -0.25) is 4.79 Å². The number of nitroso groups, excluding NO2 is 1. The molecule has 1 fully saturated rings. The number of carbonyl (C=O) groups excluding carboxylic acids is 1. The lowest BCUT2D eigenvalue weighted by Crippen LogP contribution is -2.49. The lowest BCUT2D eigenvalue weighted by molar-refractivity contribution is -0.124. The smallest absolute Gasteiger partial charge is 0.243 e. The number of hydrogen-bond acceptors (Lipinski definition) is 4. The number of nitrogens with zero attached hydrogens (tertiary/aromatic N) is 2. The van der Waals surface area contributed by atoms with E-state index in [2.05, 4.69) is 5.29 Å². The Morgan fingerprint density at radius 2 is 2.07 bits per heavy atom. The average molecular weight is 231 g/mol. The first-order valence-electron chi connectivity index (χ1n) is 4.90. The molecule has 1 aliphatic rings. The van der Waals surface area contributed by atoms with Crippen LogP contribution in [-0.2, 0) is 4.79 Å². The van der Waals surface area contributed by atoms with Crippen LogP contribution in [0.3, 0.4) is 0 Å². The average Bonchev–Trinajstić information content (AvgIpc) is 2.36. The van der Waals surface area contributed by atoms with Gasteiger partial charge in [0.25, 0.3) is 0 Å². The first-order chi connectivity index (χ1) is 6.81. The molecule has 0 aromatic rings. The minimum Gasteiger partial charge on any atom is -0.368 e. The van der Waals surface area contributed by atoms with Gasteiger partial charge in [-0.15, -0.1) is 16.7 Å². The molecule has 0 radical (unpaired) electrons. The summed E-state index contributed by atoms with van der Waals surface area (Å²) in [4.78, 5) is 22.1. The Morgan fingerprint density at radius 1 is 1.53 bits per heavy atom. The van der Waals surface area contributed by atoms with Crippen molar-refractivity contribution in [1.29, 1.82) is 0 Å². The lowest BCUT2D eigenvalue weighted by atomic mass is 10.0. The van der Waals surface area contributed by atoms with Gasteiger partial charge in [0.15, 0.2) is 0 Å². The van der Waals surface area contributed by atoms with Gasteiger partial charge >= 0.3 is 0 Å². The van der Waals surface area contributed by atoms with Crippen molar-refractivity contribution in [3.05, 3.63) is 4.91 Å². The molecular weight excluding hydrogens is 214 g/mol. The Kier molecular flexibility index (Phi) is 3.28.